The molecule has 1 aromatic carbocycles. The Morgan fingerprint density at radius 3 is 2.50 bits per heavy atom. The second-order valence-corrected chi connectivity index (χ2v) is 5.67. The molecule has 0 saturated carbocycles. The summed E-state index contributed by atoms with van der Waals surface area (Å²) in [5, 5.41) is 8.94. The molecule has 3 heteroatoms. The van der Waals surface area contributed by atoms with E-state index in [1.807, 2.05) is 20.9 Å². The van der Waals surface area contributed by atoms with Crippen molar-refractivity contribution >= 4 is 5.97 Å². The summed E-state index contributed by atoms with van der Waals surface area (Å²) in [5.74, 6) is -0.757. The molecule has 1 aromatic rings. The molecular weight excluding hydrogens is 226 g/mol. The summed E-state index contributed by atoms with van der Waals surface area (Å²) < 4.78 is 0. The number of rotatable bonds is 5. The number of benzene rings is 1. The van der Waals surface area contributed by atoms with Crippen molar-refractivity contribution in [1.29, 1.82) is 0 Å². The molecule has 0 bridgehead atoms. The normalized spacial score (nSPS) is 11.9. The second-order valence-electron chi connectivity index (χ2n) is 5.67. The second kappa shape index (κ2) is 5.53. The minimum absolute atomic E-state index is 0.147. The number of carboxylic acids is 1. The van der Waals surface area contributed by atoms with Crippen LogP contribution in [0.2, 0.25) is 0 Å². The third-order valence-corrected chi connectivity index (χ3v) is 3.53. The quantitative estimate of drug-likeness (QED) is 0.872. The lowest BCUT2D eigenvalue weighted by Crippen LogP contribution is -2.42. The molecule has 0 radical (unpaired) electrons. The highest BCUT2D eigenvalue weighted by Crippen LogP contribution is 2.21. The number of hydrogen-bond donors (Lipinski definition) is 1. The van der Waals surface area contributed by atoms with Gasteiger partial charge in [-0.05, 0) is 45.9 Å². The van der Waals surface area contributed by atoms with Crippen LogP contribution in [0.5, 0.6) is 0 Å². The van der Waals surface area contributed by atoms with E-state index >= 15 is 0 Å². The maximum Gasteiger partial charge on any atom is 0.305 e. The molecule has 0 amide bonds. The molecule has 3 nitrogen and oxygen atoms in total. The Kier molecular flexibility index (Phi) is 4.52. The fourth-order valence-corrected chi connectivity index (χ4v) is 1.95. The molecule has 18 heavy (non-hydrogen) atoms. The molecule has 0 saturated heterocycles. The molecule has 0 unspecified atom stereocenters. The van der Waals surface area contributed by atoms with Crippen LogP contribution in [0.15, 0.2) is 18.2 Å². The lowest BCUT2D eigenvalue weighted by atomic mass is 9.97. The standard InChI is InChI=1S/C15H23NO2/c1-11-6-7-12(2)13(8-11)10-16(5)15(3,4)9-14(17)18/h6-8H,9-10H2,1-5H3,(H,17,18). The Labute approximate surface area is 109 Å². The van der Waals surface area contributed by atoms with Gasteiger partial charge in [0.05, 0.1) is 6.42 Å². The maximum atomic E-state index is 10.9. The molecule has 0 atom stereocenters. The molecule has 1 rings (SSSR count). The third-order valence-electron chi connectivity index (χ3n) is 3.53. The lowest BCUT2D eigenvalue weighted by Gasteiger charge is -2.34. The van der Waals surface area contributed by atoms with Gasteiger partial charge < -0.3 is 5.11 Å². The van der Waals surface area contributed by atoms with Crippen molar-refractivity contribution in [2.45, 2.75) is 46.2 Å². The van der Waals surface area contributed by atoms with E-state index in [0.717, 1.165) is 6.54 Å². The smallest absolute Gasteiger partial charge is 0.305 e. The van der Waals surface area contributed by atoms with E-state index in [1.54, 1.807) is 0 Å². The van der Waals surface area contributed by atoms with E-state index in [9.17, 15) is 4.79 Å². The van der Waals surface area contributed by atoms with Gasteiger partial charge in [-0.2, -0.15) is 0 Å². The summed E-state index contributed by atoms with van der Waals surface area (Å²) in [6, 6.07) is 6.38. The summed E-state index contributed by atoms with van der Waals surface area (Å²) in [6.07, 6.45) is 0.147. The first kappa shape index (κ1) is 14.7. The molecule has 0 aliphatic heterocycles. The van der Waals surface area contributed by atoms with E-state index in [-0.39, 0.29) is 12.0 Å². The van der Waals surface area contributed by atoms with Crippen molar-refractivity contribution in [1.82, 2.24) is 4.90 Å². The Bertz CT molecular complexity index is 438. The van der Waals surface area contributed by atoms with Crippen LogP contribution in [0.1, 0.15) is 37.0 Å². The van der Waals surface area contributed by atoms with Gasteiger partial charge in [-0.25, -0.2) is 0 Å². The van der Waals surface area contributed by atoms with Crippen molar-refractivity contribution < 1.29 is 9.90 Å². The van der Waals surface area contributed by atoms with Gasteiger partial charge in [0.15, 0.2) is 0 Å². The first-order valence-electron chi connectivity index (χ1n) is 6.21. The molecule has 100 valence electrons. The van der Waals surface area contributed by atoms with E-state index in [1.165, 1.54) is 16.7 Å². The van der Waals surface area contributed by atoms with Crippen molar-refractivity contribution in [2.24, 2.45) is 0 Å². The van der Waals surface area contributed by atoms with Gasteiger partial charge in [0.25, 0.3) is 0 Å². The largest absolute Gasteiger partial charge is 0.481 e. The molecular formula is C15H23NO2. The van der Waals surface area contributed by atoms with Crippen molar-refractivity contribution in [3.63, 3.8) is 0 Å². The van der Waals surface area contributed by atoms with Crippen LogP contribution >= 0.6 is 0 Å². The number of carbonyl (C=O) groups is 1. The van der Waals surface area contributed by atoms with E-state index in [2.05, 4.69) is 36.9 Å². The monoisotopic (exact) mass is 249 g/mol. The minimum Gasteiger partial charge on any atom is -0.481 e. The number of carboxylic acid groups (broad SMARTS) is 1. The van der Waals surface area contributed by atoms with Crippen LogP contribution in [0.4, 0.5) is 0 Å². The summed E-state index contributed by atoms with van der Waals surface area (Å²) >= 11 is 0. The molecule has 0 heterocycles. The Balaban J connectivity index is 2.83. The van der Waals surface area contributed by atoms with Crippen LogP contribution < -0.4 is 0 Å². The van der Waals surface area contributed by atoms with Gasteiger partial charge in [0, 0.05) is 12.1 Å². The summed E-state index contributed by atoms with van der Waals surface area (Å²) in [6.45, 7) is 8.87. The van der Waals surface area contributed by atoms with Gasteiger partial charge in [-0.1, -0.05) is 23.8 Å². The summed E-state index contributed by atoms with van der Waals surface area (Å²) in [5.41, 5.74) is 3.40. The van der Waals surface area contributed by atoms with Crippen LogP contribution in [-0.2, 0) is 11.3 Å². The Hall–Kier alpha value is -1.35. The Morgan fingerprint density at radius 1 is 1.33 bits per heavy atom. The Morgan fingerprint density at radius 2 is 1.94 bits per heavy atom. The van der Waals surface area contributed by atoms with Crippen LogP contribution in [0, 0.1) is 13.8 Å². The first-order chi connectivity index (χ1) is 8.22. The van der Waals surface area contributed by atoms with Gasteiger partial charge in [-0.15, -0.1) is 0 Å². The third kappa shape index (κ3) is 3.84. The van der Waals surface area contributed by atoms with Gasteiger partial charge in [-0.3, -0.25) is 9.69 Å². The van der Waals surface area contributed by atoms with Gasteiger partial charge in [0.1, 0.15) is 0 Å². The SMILES string of the molecule is Cc1ccc(C)c(CN(C)C(C)(C)CC(=O)O)c1. The van der Waals surface area contributed by atoms with Gasteiger partial charge in [0.2, 0.25) is 0 Å². The number of hydrogen-bond acceptors (Lipinski definition) is 2. The molecule has 0 spiro atoms. The zero-order chi connectivity index (χ0) is 13.9. The number of aliphatic carboxylic acids is 1. The zero-order valence-corrected chi connectivity index (χ0v) is 11.9. The average Bonchev–Trinajstić information content (AvgIpc) is 2.21. The van der Waals surface area contributed by atoms with E-state index in [4.69, 9.17) is 5.11 Å². The first-order valence-corrected chi connectivity index (χ1v) is 6.21. The summed E-state index contributed by atoms with van der Waals surface area (Å²) in [7, 11) is 1.98. The van der Waals surface area contributed by atoms with Crippen molar-refractivity contribution in [3.05, 3.63) is 34.9 Å². The van der Waals surface area contributed by atoms with Crippen LogP contribution in [0.25, 0.3) is 0 Å². The van der Waals surface area contributed by atoms with Crippen LogP contribution in [-0.4, -0.2) is 28.6 Å². The molecule has 0 aromatic heterocycles. The topological polar surface area (TPSA) is 40.5 Å². The predicted octanol–water partition coefficient (Wildman–Crippen LogP) is 2.99. The average molecular weight is 249 g/mol. The molecule has 0 aliphatic carbocycles. The fraction of sp³-hybridized carbons (Fsp3) is 0.533. The van der Waals surface area contributed by atoms with Gasteiger partial charge >= 0.3 is 5.97 Å². The van der Waals surface area contributed by atoms with Crippen LogP contribution in [0.3, 0.4) is 0 Å². The van der Waals surface area contributed by atoms with Crippen molar-refractivity contribution in [2.75, 3.05) is 7.05 Å². The number of aryl methyl sites for hydroxylation is 2. The van der Waals surface area contributed by atoms with E-state index < -0.39 is 5.97 Å². The molecule has 0 fully saturated rings. The zero-order valence-electron chi connectivity index (χ0n) is 11.9. The lowest BCUT2D eigenvalue weighted by molar-refractivity contribution is -0.139. The number of nitrogens with zero attached hydrogens (tertiary/aromatic N) is 1. The fourth-order valence-electron chi connectivity index (χ4n) is 1.95. The molecule has 0 aliphatic rings. The predicted molar refractivity (Wildman–Crippen MR) is 73.7 cm³/mol. The highest BCUT2D eigenvalue weighted by Gasteiger charge is 2.26. The van der Waals surface area contributed by atoms with E-state index in [0.29, 0.717) is 0 Å². The highest BCUT2D eigenvalue weighted by molar-refractivity contribution is 5.68. The highest BCUT2D eigenvalue weighted by atomic mass is 16.4. The maximum absolute atomic E-state index is 10.9. The minimum atomic E-state index is -0.757. The molecule has 1 N–H and O–H groups in total. The van der Waals surface area contributed by atoms with Crippen molar-refractivity contribution in [3.8, 4) is 0 Å². The summed E-state index contributed by atoms with van der Waals surface area (Å²) in [4.78, 5) is 13.0.